The molecule has 0 bridgehead atoms. The maximum Gasteiger partial charge on any atom is 0.117 e. The van der Waals surface area contributed by atoms with E-state index in [0.29, 0.717) is 13.2 Å². The Balaban J connectivity index is 3.83. The Hall–Kier alpha value is 0.220. The summed E-state index contributed by atoms with van der Waals surface area (Å²) >= 11 is 0. The second-order valence-corrected chi connectivity index (χ2v) is 4.74. The van der Waals surface area contributed by atoms with Crippen molar-refractivity contribution >= 4 is 13.6 Å². The van der Waals surface area contributed by atoms with Gasteiger partial charge >= 0.3 is 0 Å². The van der Waals surface area contributed by atoms with Crippen molar-refractivity contribution in [1.29, 1.82) is 0 Å². The molecule has 0 N–H and O–H groups in total. The van der Waals surface area contributed by atoms with Gasteiger partial charge in [-0.2, -0.15) is 0 Å². The number of hydrogen-bond acceptors (Lipinski definition) is 2. The van der Waals surface area contributed by atoms with Crippen molar-refractivity contribution in [2.75, 3.05) is 19.4 Å². The second kappa shape index (κ2) is 4.95. The molecule has 0 heterocycles. The van der Waals surface area contributed by atoms with Crippen LogP contribution in [0.15, 0.2) is 0 Å². The summed E-state index contributed by atoms with van der Waals surface area (Å²) in [6.07, 6.45) is 4.83. The van der Waals surface area contributed by atoms with Crippen LogP contribution in [0.1, 0.15) is 20.8 Å². The first-order chi connectivity index (χ1) is 4.68. The molecule has 0 radical (unpaired) electrons. The third-order valence-electron chi connectivity index (χ3n) is 1.21. The summed E-state index contributed by atoms with van der Waals surface area (Å²) in [5, 5.41) is 0. The summed E-state index contributed by atoms with van der Waals surface area (Å²) < 4.78 is 10.8. The van der Waals surface area contributed by atoms with Gasteiger partial charge in [-0.05, 0) is 13.8 Å². The van der Waals surface area contributed by atoms with Crippen molar-refractivity contribution in [3.63, 3.8) is 0 Å². The standard InChI is InChI=1S/C7H17O2P/c1-5-8-10(4,7-3)9-6-2/h4-7H2,1-3H3. The predicted octanol–water partition coefficient (Wildman–Crippen LogP) is 2.36. The van der Waals surface area contributed by atoms with Crippen LogP contribution in [-0.2, 0) is 9.05 Å². The molecule has 0 aromatic heterocycles. The van der Waals surface area contributed by atoms with Crippen molar-refractivity contribution in [3.05, 3.63) is 0 Å². The van der Waals surface area contributed by atoms with Gasteiger partial charge in [0.1, 0.15) is 7.34 Å². The van der Waals surface area contributed by atoms with E-state index in [9.17, 15) is 0 Å². The first kappa shape index (κ1) is 10.2. The van der Waals surface area contributed by atoms with Gasteiger partial charge in [0.25, 0.3) is 0 Å². The van der Waals surface area contributed by atoms with Gasteiger partial charge in [0.2, 0.25) is 0 Å². The minimum Gasteiger partial charge on any atom is -0.338 e. The zero-order valence-corrected chi connectivity index (χ0v) is 7.99. The van der Waals surface area contributed by atoms with E-state index < -0.39 is 7.34 Å². The lowest BCUT2D eigenvalue weighted by Gasteiger charge is -2.21. The molecule has 0 aromatic carbocycles. The fraction of sp³-hybridized carbons (Fsp3) is 0.857. The lowest BCUT2D eigenvalue weighted by molar-refractivity contribution is 0.266. The Kier molecular flexibility index (Phi) is 5.06. The van der Waals surface area contributed by atoms with Crippen molar-refractivity contribution in [2.45, 2.75) is 20.8 Å². The summed E-state index contributed by atoms with van der Waals surface area (Å²) in [5.41, 5.74) is 0. The summed E-state index contributed by atoms with van der Waals surface area (Å²) in [4.78, 5) is 0. The Labute approximate surface area is 63.7 Å². The normalized spacial score (nSPS) is 11.9. The van der Waals surface area contributed by atoms with Gasteiger partial charge < -0.3 is 9.05 Å². The summed E-state index contributed by atoms with van der Waals surface area (Å²) in [5.74, 6) is 0. The molecule has 2 nitrogen and oxygen atoms in total. The third kappa shape index (κ3) is 3.40. The average Bonchev–Trinajstić information content (AvgIpc) is 1.89. The minimum atomic E-state index is -1.70. The molecule has 0 aliphatic rings. The molecular formula is C7H17O2P. The highest BCUT2D eigenvalue weighted by Crippen LogP contribution is 2.46. The molecule has 0 saturated heterocycles. The molecule has 10 heavy (non-hydrogen) atoms. The highest BCUT2D eigenvalue weighted by atomic mass is 31.2. The number of hydrogen-bond donors (Lipinski definition) is 0. The molecule has 62 valence electrons. The molecule has 0 aliphatic heterocycles. The van der Waals surface area contributed by atoms with Crippen LogP contribution in [0.25, 0.3) is 0 Å². The van der Waals surface area contributed by atoms with Crippen LogP contribution < -0.4 is 0 Å². The highest BCUT2D eigenvalue weighted by molar-refractivity contribution is 7.64. The first-order valence-electron chi connectivity index (χ1n) is 3.70. The van der Waals surface area contributed by atoms with Crippen LogP contribution in [0.4, 0.5) is 0 Å². The maximum atomic E-state index is 5.40. The topological polar surface area (TPSA) is 18.5 Å². The molecule has 0 rings (SSSR count). The first-order valence-corrected chi connectivity index (χ1v) is 5.69. The van der Waals surface area contributed by atoms with Crippen molar-refractivity contribution in [1.82, 2.24) is 0 Å². The van der Waals surface area contributed by atoms with E-state index in [1.807, 2.05) is 20.8 Å². The van der Waals surface area contributed by atoms with Gasteiger partial charge in [-0.1, -0.05) is 13.2 Å². The quantitative estimate of drug-likeness (QED) is 0.581. The Bertz CT molecular complexity index is 113. The summed E-state index contributed by atoms with van der Waals surface area (Å²) in [6.45, 7) is 7.38. The summed E-state index contributed by atoms with van der Waals surface area (Å²) in [7, 11) is -1.70. The highest BCUT2D eigenvalue weighted by Gasteiger charge is 2.09. The molecule has 0 saturated carbocycles. The van der Waals surface area contributed by atoms with E-state index in [1.54, 1.807) is 0 Å². The lowest BCUT2D eigenvalue weighted by Crippen LogP contribution is -1.97. The molecule has 3 heteroatoms. The predicted molar refractivity (Wildman–Crippen MR) is 47.8 cm³/mol. The van der Waals surface area contributed by atoms with Crippen LogP contribution >= 0.6 is 7.34 Å². The summed E-state index contributed by atoms with van der Waals surface area (Å²) in [6, 6.07) is 0. The van der Waals surface area contributed by atoms with E-state index in [0.717, 1.165) is 6.16 Å². The minimum absolute atomic E-state index is 0.700. The SMILES string of the molecule is C=P(CC)(OCC)OCC. The van der Waals surface area contributed by atoms with E-state index in [4.69, 9.17) is 9.05 Å². The zero-order valence-electron chi connectivity index (χ0n) is 7.09. The van der Waals surface area contributed by atoms with E-state index in [1.165, 1.54) is 0 Å². The maximum absolute atomic E-state index is 5.40. The Morgan fingerprint density at radius 2 is 1.50 bits per heavy atom. The Morgan fingerprint density at radius 1 is 1.10 bits per heavy atom. The lowest BCUT2D eigenvalue weighted by atomic mass is 10.9. The van der Waals surface area contributed by atoms with E-state index in [2.05, 4.69) is 6.30 Å². The van der Waals surface area contributed by atoms with Gasteiger partial charge in [0.05, 0.1) is 13.2 Å². The van der Waals surface area contributed by atoms with Gasteiger partial charge in [-0.15, -0.1) is 0 Å². The molecule has 0 aromatic rings. The fourth-order valence-electron chi connectivity index (χ4n) is 0.690. The van der Waals surface area contributed by atoms with Crippen LogP contribution in [0, 0.1) is 0 Å². The van der Waals surface area contributed by atoms with Crippen LogP contribution in [0.5, 0.6) is 0 Å². The molecule has 0 amide bonds. The van der Waals surface area contributed by atoms with Gasteiger partial charge in [0, 0.05) is 6.16 Å². The monoisotopic (exact) mass is 164 g/mol. The molecule has 0 unspecified atom stereocenters. The smallest absolute Gasteiger partial charge is 0.117 e. The van der Waals surface area contributed by atoms with E-state index in [-0.39, 0.29) is 0 Å². The molecule has 0 aliphatic carbocycles. The van der Waals surface area contributed by atoms with Crippen LogP contribution in [0.2, 0.25) is 0 Å². The second-order valence-electron chi connectivity index (χ2n) is 1.97. The molecule has 0 spiro atoms. The third-order valence-corrected chi connectivity index (χ3v) is 3.63. The largest absolute Gasteiger partial charge is 0.338 e. The van der Waals surface area contributed by atoms with E-state index >= 15 is 0 Å². The van der Waals surface area contributed by atoms with Crippen LogP contribution in [0.3, 0.4) is 0 Å². The van der Waals surface area contributed by atoms with Gasteiger partial charge in [-0.3, -0.25) is 0 Å². The van der Waals surface area contributed by atoms with Crippen molar-refractivity contribution in [3.8, 4) is 0 Å². The molecule has 0 fully saturated rings. The van der Waals surface area contributed by atoms with Crippen LogP contribution in [-0.4, -0.2) is 25.7 Å². The van der Waals surface area contributed by atoms with Crippen molar-refractivity contribution < 1.29 is 9.05 Å². The zero-order chi connectivity index (χ0) is 8.04. The molecule has 0 atom stereocenters. The average molecular weight is 164 g/mol. The molecular weight excluding hydrogens is 147 g/mol. The van der Waals surface area contributed by atoms with Gasteiger partial charge in [-0.25, -0.2) is 0 Å². The van der Waals surface area contributed by atoms with Crippen molar-refractivity contribution in [2.24, 2.45) is 0 Å². The fourth-order valence-corrected chi connectivity index (χ4v) is 2.07. The van der Waals surface area contributed by atoms with Gasteiger partial charge in [0.15, 0.2) is 0 Å². The Morgan fingerprint density at radius 3 is 1.70 bits per heavy atom. The number of rotatable bonds is 5.